The third-order valence-electron chi connectivity index (χ3n) is 3.21. The van der Waals surface area contributed by atoms with Gasteiger partial charge in [-0.25, -0.2) is 4.39 Å². The zero-order valence-electron chi connectivity index (χ0n) is 10.7. The monoisotopic (exact) mass is 354 g/mol. The Balaban J connectivity index is 2.08. The minimum atomic E-state index is -0.300. The molecular formula is C13H12BrFN4S. The van der Waals surface area contributed by atoms with E-state index in [1.165, 1.54) is 6.07 Å². The average molecular weight is 355 g/mol. The van der Waals surface area contributed by atoms with Crippen molar-refractivity contribution in [3.05, 3.63) is 45.7 Å². The Bertz CT molecular complexity index is 806. The molecule has 4 nitrogen and oxygen atoms in total. The van der Waals surface area contributed by atoms with Crippen molar-refractivity contribution in [2.45, 2.75) is 19.5 Å². The lowest BCUT2D eigenvalue weighted by Crippen LogP contribution is -2.13. The first-order valence-electron chi connectivity index (χ1n) is 6.13. The number of hydrogen-bond acceptors (Lipinski definition) is 2. The van der Waals surface area contributed by atoms with Crippen molar-refractivity contribution >= 4 is 39.2 Å². The second-order valence-electron chi connectivity index (χ2n) is 4.66. The zero-order valence-corrected chi connectivity index (χ0v) is 13.1. The van der Waals surface area contributed by atoms with Gasteiger partial charge >= 0.3 is 0 Å². The van der Waals surface area contributed by atoms with E-state index in [0.29, 0.717) is 15.8 Å². The van der Waals surface area contributed by atoms with Crippen molar-refractivity contribution in [1.82, 2.24) is 19.3 Å². The highest BCUT2D eigenvalue weighted by atomic mass is 79.9. The smallest absolute Gasteiger partial charge is 0.178 e. The van der Waals surface area contributed by atoms with Gasteiger partial charge in [-0.1, -0.05) is 0 Å². The molecule has 0 amide bonds. The van der Waals surface area contributed by atoms with Crippen LogP contribution in [0.25, 0.3) is 11.0 Å². The van der Waals surface area contributed by atoms with Gasteiger partial charge in [0.2, 0.25) is 0 Å². The zero-order chi connectivity index (χ0) is 14.3. The highest BCUT2D eigenvalue weighted by Crippen LogP contribution is 2.25. The van der Waals surface area contributed by atoms with Gasteiger partial charge in [-0.05, 0) is 47.2 Å². The summed E-state index contributed by atoms with van der Waals surface area (Å²) in [6, 6.07) is 5.14. The van der Waals surface area contributed by atoms with Gasteiger partial charge in [-0.3, -0.25) is 4.68 Å². The topological polar surface area (TPSA) is 38.5 Å². The van der Waals surface area contributed by atoms with E-state index in [1.54, 1.807) is 12.3 Å². The number of benzene rings is 1. The van der Waals surface area contributed by atoms with Crippen LogP contribution in [-0.2, 0) is 6.54 Å². The molecule has 2 heterocycles. The molecular weight excluding hydrogens is 343 g/mol. The number of H-pyrrole nitrogens is 1. The van der Waals surface area contributed by atoms with Crippen LogP contribution in [0.5, 0.6) is 0 Å². The summed E-state index contributed by atoms with van der Waals surface area (Å²) in [5.41, 5.74) is 1.57. The SMILES string of the molecule is CC(Cn1cccn1)n1c(=S)[nH]c2cc(Br)c(F)cc21. The van der Waals surface area contributed by atoms with Crippen molar-refractivity contribution in [2.24, 2.45) is 0 Å². The van der Waals surface area contributed by atoms with E-state index < -0.39 is 0 Å². The Labute approximate surface area is 128 Å². The minimum Gasteiger partial charge on any atom is -0.331 e. The Morgan fingerprint density at radius 1 is 1.50 bits per heavy atom. The van der Waals surface area contributed by atoms with Crippen LogP contribution >= 0.6 is 28.1 Å². The number of aromatic nitrogens is 4. The molecule has 0 aliphatic carbocycles. The van der Waals surface area contributed by atoms with Gasteiger partial charge in [0.1, 0.15) is 5.82 Å². The lowest BCUT2D eigenvalue weighted by atomic mass is 10.2. The number of imidazole rings is 1. The molecule has 1 N–H and O–H groups in total. The van der Waals surface area contributed by atoms with Gasteiger partial charge in [-0.2, -0.15) is 5.10 Å². The fraction of sp³-hybridized carbons (Fsp3) is 0.231. The first-order chi connectivity index (χ1) is 9.56. The fourth-order valence-electron chi connectivity index (χ4n) is 2.32. The van der Waals surface area contributed by atoms with Crippen LogP contribution in [0.3, 0.4) is 0 Å². The van der Waals surface area contributed by atoms with Crippen LogP contribution in [0.4, 0.5) is 4.39 Å². The predicted octanol–water partition coefficient (Wildman–Crippen LogP) is 4.06. The van der Waals surface area contributed by atoms with E-state index in [0.717, 1.165) is 11.0 Å². The Hall–Kier alpha value is -1.47. The summed E-state index contributed by atoms with van der Waals surface area (Å²) in [7, 11) is 0. The molecule has 0 bridgehead atoms. The summed E-state index contributed by atoms with van der Waals surface area (Å²) in [6.45, 7) is 2.71. The van der Waals surface area contributed by atoms with Crippen molar-refractivity contribution in [1.29, 1.82) is 0 Å². The first-order valence-corrected chi connectivity index (χ1v) is 7.33. The molecule has 0 fully saturated rings. The number of nitrogens with zero attached hydrogens (tertiary/aromatic N) is 3. The van der Waals surface area contributed by atoms with Crippen molar-refractivity contribution in [2.75, 3.05) is 0 Å². The third kappa shape index (κ3) is 2.31. The van der Waals surface area contributed by atoms with Crippen LogP contribution in [0.15, 0.2) is 35.1 Å². The molecule has 20 heavy (non-hydrogen) atoms. The maximum atomic E-state index is 13.8. The second kappa shape index (κ2) is 5.14. The normalized spacial score (nSPS) is 12.9. The molecule has 0 radical (unpaired) electrons. The average Bonchev–Trinajstić information content (AvgIpc) is 2.97. The molecule has 1 unspecified atom stereocenters. The molecule has 0 aliphatic rings. The molecule has 3 rings (SSSR count). The first kappa shape index (κ1) is 13.5. The molecule has 0 saturated carbocycles. The number of halogens is 2. The minimum absolute atomic E-state index is 0.0664. The van der Waals surface area contributed by atoms with Gasteiger partial charge in [0, 0.05) is 18.5 Å². The van der Waals surface area contributed by atoms with Crippen molar-refractivity contribution in [3.8, 4) is 0 Å². The summed E-state index contributed by atoms with van der Waals surface area (Å²) < 4.78 is 18.5. The van der Waals surface area contributed by atoms with Gasteiger partial charge in [0.25, 0.3) is 0 Å². The molecule has 3 aromatic rings. The van der Waals surface area contributed by atoms with E-state index in [-0.39, 0.29) is 11.9 Å². The summed E-state index contributed by atoms with van der Waals surface area (Å²) in [5, 5.41) is 4.19. The van der Waals surface area contributed by atoms with Gasteiger partial charge < -0.3 is 9.55 Å². The number of fused-ring (bicyclic) bond motifs is 1. The Morgan fingerprint density at radius 2 is 2.30 bits per heavy atom. The lowest BCUT2D eigenvalue weighted by Gasteiger charge is -2.14. The van der Waals surface area contributed by atoms with Crippen LogP contribution in [0.2, 0.25) is 0 Å². The molecule has 1 atom stereocenters. The van der Waals surface area contributed by atoms with Crippen LogP contribution < -0.4 is 0 Å². The number of rotatable bonds is 3. The van der Waals surface area contributed by atoms with Crippen molar-refractivity contribution in [3.63, 3.8) is 0 Å². The molecule has 104 valence electrons. The summed E-state index contributed by atoms with van der Waals surface area (Å²) in [4.78, 5) is 3.11. The maximum Gasteiger partial charge on any atom is 0.178 e. The maximum absolute atomic E-state index is 13.8. The van der Waals surface area contributed by atoms with Crippen LogP contribution in [0, 0.1) is 10.6 Å². The molecule has 0 saturated heterocycles. The summed E-state index contributed by atoms with van der Waals surface area (Å²) in [5.74, 6) is -0.300. The Kier molecular flexibility index (Phi) is 3.47. The van der Waals surface area contributed by atoms with E-state index in [2.05, 4.69) is 26.0 Å². The number of aromatic amines is 1. The van der Waals surface area contributed by atoms with Crippen LogP contribution in [-0.4, -0.2) is 19.3 Å². The third-order valence-corrected chi connectivity index (χ3v) is 4.12. The Morgan fingerprint density at radius 3 is 3.00 bits per heavy atom. The summed E-state index contributed by atoms with van der Waals surface area (Å²) >= 11 is 8.53. The molecule has 0 aliphatic heterocycles. The molecule has 2 aromatic heterocycles. The van der Waals surface area contributed by atoms with E-state index >= 15 is 0 Å². The number of hydrogen-bond donors (Lipinski definition) is 1. The van der Waals surface area contributed by atoms with Crippen LogP contribution in [0.1, 0.15) is 13.0 Å². The predicted molar refractivity (Wildman–Crippen MR) is 81.7 cm³/mol. The molecule has 0 spiro atoms. The molecule has 7 heteroatoms. The van der Waals surface area contributed by atoms with Crippen molar-refractivity contribution < 1.29 is 4.39 Å². The standard InChI is InChI=1S/C13H12BrFN4S/c1-8(7-18-4-2-3-16-18)19-12-6-10(15)9(14)5-11(12)17-13(19)20/h2-6,8H,7H2,1H3,(H,17,20). The highest BCUT2D eigenvalue weighted by Gasteiger charge is 2.14. The van der Waals surface area contributed by atoms with E-state index in [9.17, 15) is 4.39 Å². The fourth-order valence-corrected chi connectivity index (χ4v) is 3.05. The van der Waals surface area contributed by atoms with E-state index in [4.69, 9.17) is 12.2 Å². The largest absolute Gasteiger partial charge is 0.331 e. The number of nitrogens with one attached hydrogen (secondary N) is 1. The van der Waals surface area contributed by atoms with Gasteiger partial charge in [-0.15, -0.1) is 0 Å². The second-order valence-corrected chi connectivity index (χ2v) is 5.90. The quantitative estimate of drug-likeness (QED) is 0.720. The molecule has 1 aromatic carbocycles. The van der Waals surface area contributed by atoms with Gasteiger partial charge in [0.05, 0.1) is 28.1 Å². The van der Waals surface area contributed by atoms with E-state index in [1.807, 2.05) is 28.4 Å². The van der Waals surface area contributed by atoms with Gasteiger partial charge in [0.15, 0.2) is 4.77 Å². The highest BCUT2D eigenvalue weighted by molar-refractivity contribution is 9.10. The lowest BCUT2D eigenvalue weighted by molar-refractivity contribution is 0.442. The summed E-state index contributed by atoms with van der Waals surface area (Å²) in [6.07, 6.45) is 3.63.